The van der Waals surface area contributed by atoms with Crippen molar-refractivity contribution in [2.24, 2.45) is 5.73 Å². The maximum absolute atomic E-state index is 5.88. The number of fused-ring (bicyclic) bond motifs is 1. The molecule has 1 aliphatic rings. The summed E-state index contributed by atoms with van der Waals surface area (Å²) < 4.78 is 0. The summed E-state index contributed by atoms with van der Waals surface area (Å²) in [4.78, 5) is 2.62. The second-order valence-corrected chi connectivity index (χ2v) is 6.96. The molecule has 20 heavy (non-hydrogen) atoms. The maximum Gasteiger partial charge on any atom is 0.0408 e. The summed E-state index contributed by atoms with van der Waals surface area (Å²) in [5.41, 5.74) is 11.7. The van der Waals surface area contributed by atoms with Crippen molar-refractivity contribution in [2.45, 2.75) is 71.9 Å². The van der Waals surface area contributed by atoms with E-state index in [0.29, 0.717) is 12.5 Å². The van der Waals surface area contributed by atoms with Gasteiger partial charge in [-0.15, -0.1) is 0 Å². The highest BCUT2D eigenvalue weighted by Crippen LogP contribution is 2.44. The number of hydrogen-bond acceptors (Lipinski definition) is 2. The van der Waals surface area contributed by atoms with Gasteiger partial charge in [-0.1, -0.05) is 26.3 Å². The average Bonchev–Trinajstić information content (AvgIpc) is 2.37. The Bertz CT molecular complexity index is 477. The van der Waals surface area contributed by atoms with Crippen LogP contribution in [0.5, 0.6) is 0 Å². The monoisotopic (exact) mass is 274 g/mol. The molecule has 2 nitrogen and oxygen atoms in total. The molecule has 0 spiro atoms. The van der Waals surface area contributed by atoms with E-state index in [1.54, 1.807) is 0 Å². The van der Waals surface area contributed by atoms with Crippen molar-refractivity contribution in [1.82, 2.24) is 0 Å². The molecular formula is C18H30N2. The van der Waals surface area contributed by atoms with Crippen LogP contribution in [0.2, 0.25) is 0 Å². The predicted molar refractivity (Wildman–Crippen MR) is 88.4 cm³/mol. The highest BCUT2D eigenvalue weighted by atomic mass is 15.2. The van der Waals surface area contributed by atoms with Gasteiger partial charge >= 0.3 is 0 Å². The van der Waals surface area contributed by atoms with Gasteiger partial charge in [0.05, 0.1) is 0 Å². The zero-order valence-corrected chi connectivity index (χ0v) is 13.8. The van der Waals surface area contributed by atoms with Crippen molar-refractivity contribution < 1.29 is 0 Å². The molecule has 1 heterocycles. The molecule has 0 aromatic heterocycles. The van der Waals surface area contributed by atoms with Crippen molar-refractivity contribution >= 4 is 5.69 Å². The predicted octanol–water partition coefficient (Wildman–Crippen LogP) is 4.35. The average molecular weight is 274 g/mol. The second-order valence-electron chi connectivity index (χ2n) is 6.96. The molecule has 2 rings (SSSR count). The first kappa shape index (κ1) is 15.4. The molecule has 0 unspecified atom stereocenters. The SMILES string of the molecule is CCCCN1c2cc(C)c(CN)cc2[C@@H](C)CC1(C)C. The normalized spacial score (nSPS) is 20.9. The van der Waals surface area contributed by atoms with Gasteiger partial charge in [-0.2, -0.15) is 0 Å². The molecule has 1 atom stereocenters. The molecule has 2 heteroatoms. The summed E-state index contributed by atoms with van der Waals surface area (Å²) in [6.45, 7) is 13.4. The topological polar surface area (TPSA) is 29.3 Å². The molecule has 0 bridgehead atoms. The van der Waals surface area contributed by atoms with E-state index in [0.717, 1.165) is 6.54 Å². The number of hydrogen-bond donors (Lipinski definition) is 1. The Morgan fingerprint density at radius 2 is 2.05 bits per heavy atom. The second kappa shape index (κ2) is 5.77. The summed E-state index contributed by atoms with van der Waals surface area (Å²) >= 11 is 0. The lowest BCUT2D eigenvalue weighted by Crippen LogP contribution is -2.48. The van der Waals surface area contributed by atoms with E-state index in [-0.39, 0.29) is 5.54 Å². The molecule has 0 saturated heterocycles. The minimum absolute atomic E-state index is 0.248. The first-order valence-electron chi connectivity index (χ1n) is 8.01. The number of nitrogens with two attached hydrogens (primary N) is 1. The van der Waals surface area contributed by atoms with Gasteiger partial charge in [0.2, 0.25) is 0 Å². The number of benzene rings is 1. The van der Waals surface area contributed by atoms with Crippen molar-refractivity contribution in [3.63, 3.8) is 0 Å². The summed E-state index contributed by atoms with van der Waals surface area (Å²) in [6, 6.07) is 4.72. The molecule has 0 fully saturated rings. The van der Waals surface area contributed by atoms with Crippen LogP contribution in [0.3, 0.4) is 0 Å². The molecule has 0 saturated carbocycles. The number of aryl methyl sites for hydroxylation is 1. The summed E-state index contributed by atoms with van der Waals surface area (Å²) in [5.74, 6) is 0.615. The van der Waals surface area contributed by atoms with Gasteiger partial charge in [-0.25, -0.2) is 0 Å². The zero-order chi connectivity index (χ0) is 14.9. The van der Waals surface area contributed by atoms with E-state index in [9.17, 15) is 0 Å². The Hall–Kier alpha value is -1.02. The number of rotatable bonds is 4. The van der Waals surface area contributed by atoms with Gasteiger partial charge < -0.3 is 10.6 Å². The van der Waals surface area contributed by atoms with Crippen LogP contribution in [-0.2, 0) is 6.54 Å². The van der Waals surface area contributed by atoms with Crippen molar-refractivity contribution in [1.29, 1.82) is 0 Å². The Morgan fingerprint density at radius 3 is 2.65 bits per heavy atom. The van der Waals surface area contributed by atoms with Gasteiger partial charge in [0.15, 0.2) is 0 Å². The van der Waals surface area contributed by atoms with E-state index >= 15 is 0 Å². The molecular weight excluding hydrogens is 244 g/mol. The minimum Gasteiger partial charge on any atom is -0.366 e. The Morgan fingerprint density at radius 1 is 1.35 bits per heavy atom. The van der Waals surface area contributed by atoms with Gasteiger partial charge in [0.1, 0.15) is 0 Å². The molecule has 1 aromatic rings. The third-order valence-electron chi connectivity index (χ3n) is 4.80. The van der Waals surface area contributed by atoms with Crippen molar-refractivity contribution in [3.05, 3.63) is 28.8 Å². The first-order valence-corrected chi connectivity index (χ1v) is 8.01. The lowest BCUT2D eigenvalue weighted by Gasteiger charge is -2.48. The van der Waals surface area contributed by atoms with E-state index in [1.807, 2.05) is 0 Å². The van der Waals surface area contributed by atoms with E-state index < -0.39 is 0 Å². The van der Waals surface area contributed by atoms with Gasteiger partial charge in [-0.05, 0) is 62.3 Å². The van der Waals surface area contributed by atoms with Gasteiger partial charge in [0, 0.05) is 24.3 Å². The van der Waals surface area contributed by atoms with E-state index in [2.05, 4.69) is 51.7 Å². The molecule has 112 valence electrons. The highest BCUT2D eigenvalue weighted by Gasteiger charge is 2.36. The van der Waals surface area contributed by atoms with E-state index in [4.69, 9.17) is 5.73 Å². The minimum atomic E-state index is 0.248. The zero-order valence-electron chi connectivity index (χ0n) is 13.8. The van der Waals surface area contributed by atoms with Crippen LogP contribution in [0.25, 0.3) is 0 Å². The molecule has 1 aromatic carbocycles. The fourth-order valence-corrected chi connectivity index (χ4v) is 3.64. The van der Waals surface area contributed by atoms with Crippen molar-refractivity contribution in [3.8, 4) is 0 Å². The van der Waals surface area contributed by atoms with Crippen LogP contribution < -0.4 is 10.6 Å². The number of nitrogens with zero attached hydrogens (tertiary/aromatic N) is 1. The van der Waals surface area contributed by atoms with Crippen LogP contribution in [0.1, 0.15) is 69.6 Å². The lowest BCUT2D eigenvalue weighted by atomic mass is 9.79. The van der Waals surface area contributed by atoms with Crippen LogP contribution >= 0.6 is 0 Å². The van der Waals surface area contributed by atoms with Crippen molar-refractivity contribution in [2.75, 3.05) is 11.4 Å². The quantitative estimate of drug-likeness (QED) is 0.884. The third kappa shape index (κ3) is 2.71. The third-order valence-corrected chi connectivity index (χ3v) is 4.80. The molecule has 0 aliphatic carbocycles. The van der Waals surface area contributed by atoms with Crippen LogP contribution in [0, 0.1) is 6.92 Å². The molecule has 1 aliphatic heterocycles. The maximum atomic E-state index is 5.88. The number of unbranched alkanes of at least 4 members (excludes halogenated alkanes) is 1. The van der Waals surface area contributed by atoms with Crippen LogP contribution in [-0.4, -0.2) is 12.1 Å². The summed E-state index contributed by atoms with van der Waals surface area (Å²) in [7, 11) is 0. The largest absolute Gasteiger partial charge is 0.366 e. The molecule has 0 radical (unpaired) electrons. The Labute approximate surface area is 124 Å². The van der Waals surface area contributed by atoms with Gasteiger partial charge in [-0.3, -0.25) is 0 Å². The molecule has 0 amide bonds. The number of anilines is 1. The fourth-order valence-electron chi connectivity index (χ4n) is 3.64. The highest BCUT2D eigenvalue weighted by molar-refractivity contribution is 5.62. The van der Waals surface area contributed by atoms with E-state index in [1.165, 1.54) is 41.6 Å². The Balaban J connectivity index is 2.49. The van der Waals surface area contributed by atoms with Crippen LogP contribution in [0.15, 0.2) is 12.1 Å². The lowest BCUT2D eigenvalue weighted by molar-refractivity contribution is 0.373. The summed E-state index contributed by atoms with van der Waals surface area (Å²) in [5, 5.41) is 0. The standard InChI is InChI=1S/C18H30N2/c1-6-7-8-20-17-9-13(2)15(12-19)10-16(17)14(3)11-18(20,4)5/h9-10,14H,6-8,11-12,19H2,1-5H3/t14-/m0/s1. The smallest absolute Gasteiger partial charge is 0.0408 e. The Kier molecular flexibility index (Phi) is 4.43. The fraction of sp³-hybridized carbons (Fsp3) is 0.667. The molecule has 2 N–H and O–H groups in total. The first-order chi connectivity index (χ1) is 9.40. The van der Waals surface area contributed by atoms with Gasteiger partial charge in [0.25, 0.3) is 0 Å². The summed E-state index contributed by atoms with van der Waals surface area (Å²) in [6.07, 6.45) is 3.73. The van der Waals surface area contributed by atoms with Crippen LogP contribution in [0.4, 0.5) is 5.69 Å².